The molecule has 0 amide bonds. The maximum absolute atomic E-state index is 12.0. The number of nitrogens with zero attached hydrogens (tertiary/aromatic N) is 2. The van der Waals surface area contributed by atoms with Gasteiger partial charge in [0.25, 0.3) is 0 Å². The molecule has 106 valence electrons. The van der Waals surface area contributed by atoms with Crippen molar-refractivity contribution in [1.82, 2.24) is 14.7 Å². The highest BCUT2D eigenvalue weighted by atomic mass is 35.5. The number of nitrogens with one attached hydrogen (secondary N) is 1. The molecule has 0 saturated heterocycles. The maximum Gasteiger partial charge on any atom is 0.243 e. The van der Waals surface area contributed by atoms with Crippen molar-refractivity contribution in [3.05, 3.63) is 17.7 Å². The Morgan fingerprint density at radius 3 is 2.58 bits per heavy atom. The molecule has 2 unspecified atom stereocenters. The smallest absolute Gasteiger partial charge is 0.243 e. The highest BCUT2D eigenvalue weighted by Crippen LogP contribution is 2.30. The van der Waals surface area contributed by atoms with E-state index >= 15 is 0 Å². The van der Waals surface area contributed by atoms with Crippen molar-refractivity contribution in [3.63, 3.8) is 0 Å². The van der Waals surface area contributed by atoms with Crippen LogP contribution in [0.5, 0.6) is 0 Å². The molecule has 0 radical (unpaired) electrons. The Bertz CT molecular complexity index is 520. The van der Waals surface area contributed by atoms with Crippen molar-refractivity contribution >= 4 is 21.6 Å². The normalized spacial score (nSPS) is 23.7. The number of aliphatic hydroxyl groups excluding tert-OH is 1. The molecule has 0 aliphatic heterocycles. The highest BCUT2D eigenvalue weighted by Gasteiger charge is 2.28. The van der Waals surface area contributed by atoms with Gasteiger partial charge in [-0.1, -0.05) is 6.42 Å². The van der Waals surface area contributed by atoms with Gasteiger partial charge in [0.15, 0.2) is 0 Å². The first-order valence-corrected chi connectivity index (χ1v) is 7.97. The van der Waals surface area contributed by atoms with Gasteiger partial charge in [0.1, 0.15) is 4.90 Å². The molecule has 1 aliphatic carbocycles. The Hall–Kier alpha value is -0.760. The third-order valence-corrected chi connectivity index (χ3v) is 5.07. The molecule has 1 aromatic rings. The first-order valence-electron chi connectivity index (χ1n) is 6.11. The van der Waals surface area contributed by atoms with Gasteiger partial charge in [-0.3, -0.25) is 0 Å². The predicted octanol–water partition coefficient (Wildman–Crippen LogP) is 0.817. The number of hydrogen-bond acceptors (Lipinski definition) is 5. The summed E-state index contributed by atoms with van der Waals surface area (Å²) in [7, 11) is -3.61. The predicted molar refractivity (Wildman–Crippen MR) is 70.1 cm³/mol. The Kier molecular flexibility index (Phi) is 4.72. The summed E-state index contributed by atoms with van der Waals surface area (Å²) in [6.45, 7) is 0.437. The lowest BCUT2D eigenvalue weighted by molar-refractivity contribution is 0.195. The van der Waals surface area contributed by atoms with Crippen molar-refractivity contribution in [2.24, 2.45) is 11.8 Å². The van der Waals surface area contributed by atoms with Crippen LogP contribution in [0.4, 0.5) is 0 Å². The molecule has 0 aromatic carbocycles. The Morgan fingerprint density at radius 2 is 1.95 bits per heavy atom. The van der Waals surface area contributed by atoms with Crippen LogP contribution >= 0.6 is 11.6 Å². The topological polar surface area (TPSA) is 92.2 Å². The van der Waals surface area contributed by atoms with E-state index in [0.29, 0.717) is 6.54 Å². The zero-order valence-electron chi connectivity index (χ0n) is 10.3. The van der Waals surface area contributed by atoms with Gasteiger partial charge < -0.3 is 5.11 Å². The lowest BCUT2D eigenvalue weighted by Crippen LogP contribution is -2.31. The SMILES string of the molecule is O=S(=O)(NCC1CCCC1CO)c1cnc(Cl)nc1. The summed E-state index contributed by atoms with van der Waals surface area (Å²) in [6, 6.07) is 0. The summed E-state index contributed by atoms with van der Waals surface area (Å²) in [5.41, 5.74) is 0. The quantitative estimate of drug-likeness (QED) is 0.786. The van der Waals surface area contributed by atoms with Crippen LogP contribution in [0.3, 0.4) is 0 Å². The summed E-state index contributed by atoms with van der Waals surface area (Å²) < 4.78 is 26.5. The largest absolute Gasteiger partial charge is 0.396 e. The van der Waals surface area contributed by atoms with Gasteiger partial charge in [0.2, 0.25) is 15.3 Å². The second-order valence-electron chi connectivity index (χ2n) is 4.67. The van der Waals surface area contributed by atoms with Crippen LogP contribution in [0.15, 0.2) is 17.3 Å². The molecule has 8 heteroatoms. The lowest BCUT2D eigenvalue weighted by Gasteiger charge is -2.17. The van der Waals surface area contributed by atoms with Gasteiger partial charge in [0, 0.05) is 13.2 Å². The number of halogens is 1. The fourth-order valence-corrected chi connectivity index (χ4v) is 3.44. The molecule has 2 rings (SSSR count). The minimum absolute atomic E-state index is 0.00422. The molecule has 6 nitrogen and oxygen atoms in total. The molecule has 0 bridgehead atoms. The molecule has 1 heterocycles. The number of aliphatic hydroxyl groups is 1. The minimum Gasteiger partial charge on any atom is -0.396 e. The Morgan fingerprint density at radius 1 is 1.32 bits per heavy atom. The van der Waals surface area contributed by atoms with Gasteiger partial charge in [-0.15, -0.1) is 0 Å². The first-order chi connectivity index (χ1) is 9.03. The molecule has 2 N–H and O–H groups in total. The van der Waals surface area contributed by atoms with E-state index in [1.165, 1.54) is 12.4 Å². The van der Waals surface area contributed by atoms with Crippen LogP contribution in [0.25, 0.3) is 0 Å². The zero-order chi connectivity index (χ0) is 13.9. The molecule has 2 atom stereocenters. The Labute approximate surface area is 117 Å². The molecular weight excluding hydrogens is 290 g/mol. The van der Waals surface area contributed by atoms with Gasteiger partial charge in [-0.25, -0.2) is 23.1 Å². The third-order valence-electron chi connectivity index (χ3n) is 3.49. The number of sulfonamides is 1. The van der Waals surface area contributed by atoms with E-state index in [-0.39, 0.29) is 28.6 Å². The van der Waals surface area contributed by atoms with Crippen LogP contribution in [0.1, 0.15) is 19.3 Å². The van der Waals surface area contributed by atoms with Gasteiger partial charge in [-0.05, 0) is 36.3 Å². The van der Waals surface area contributed by atoms with Gasteiger partial charge >= 0.3 is 0 Å². The van der Waals surface area contributed by atoms with Crippen molar-refractivity contribution in [2.75, 3.05) is 13.2 Å². The van der Waals surface area contributed by atoms with Crippen molar-refractivity contribution < 1.29 is 13.5 Å². The van der Waals surface area contributed by atoms with Crippen LogP contribution in [0.2, 0.25) is 5.28 Å². The second kappa shape index (κ2) is 6.13. The summed E-state index contributed by atoms with van der Waals surface area (Å²) in [4.78, 5) is 7.30. The van der Waals surface area contributed by atoms with Crippen molar-refractivity contribution in [3.8, 4) is 0 Å². The average molecular weight is 306 g/mol. The van der Waals surface area contributed by atoms with E-state index in [0.717, 1.165) is 19.3 Å². The zero-order valence-corrected chi connectivity index (χ0v) is 11.9. The summed E-state index contributed by atoms with van der Waals surface area (Å²) in [5.74, 6) is 0.372. The lowest BCUT2D eigenvalue weighted by atomic mass is 9.97. The molecular formula is C11H16ClN3O3S. The van der Waals surface area contributed by atoms with Gasteiger partial charge in [-0.2, -0.15) is 0 Å². The number of rotatable bonds is 5. The molecule has 19 heavy (non-hydrogen) atoms. The molecule has 0 spiro atoms. The summed E-state index contributed by atoms with van der Waals surface area (Å²) in [6.07, 6.45) is 5.27. The molecule has 1 saturated carbocycles. The molecule has 1 aliphatic rings. The van der Waals surface area contributed by atoms with Crippen molar-refractivity contribution in [2.45, 2.75) is 24.2 Å². The monoisotopic (exact) mass is 305 g/mol. The first kappa shape index (κ1) is 14.6. The Balaban J connectivity index is 2.00. The average Bonchev–Trinajstić information content (AvgIpc) is 2.84. The second-order valence-corrected chi connectivity index (χ2v) is 6.78. The summed E-state index contributed by atoms with van der Waals surface area (Å²) >= 11 is 5.52. The minimum atomic E-state index is -3.61. The maximum atomic E-state index is 12.0. The van der Waals surface area contributed by atoms with E-state index in [9.17, 15) is 13.5 Å². The molecule has 1 fully saturated rings. The van der Waals surface area contributed by atoms with E-state index in [2.05, 4.69) is 14.7 Å². The van der Waals surface area contributed by atoms with Crippen LogP contribution in [0, 0.1) is 11.8 Å². The third kappa shape index (κ3) is 3.62. The highest BCUT2D eigenvalue weighted by molar-refractivity contribution is 7.89. The summed E-state index contributed by atoms with van der Waals surface area (Å²) in [5, 5.41) is 9.21. The van der Waals surface area contributed by atoms with Gasteiger partial charge in [0.05, 0.1) is 12.4 Å². The van der Waals surface area contributed by atoms with Crippen LogP contribution in [-0.4, -0.2) is 36.6 Å². The van der Waals surface area contributed by atoms with E-state index < -0.39 is 10.0 Å². The van der Waals surface area contributed by atoms with E-state index in [4.69, 9.17) is 11.6 Å². The fraction of sp³-hybridized carbons (Fsp3) is 0.636. The molecule has 1 aromatic heterocycles. The number of hydrogen-bond donors (Lipinski definition) is 2. The number of aromatic nitrogens is 2. The fourth-order valence-electron chi connectivity index (χ4n) is 2.36. The van der Waals surface area contributed by atoms with E-state index in [1.807, 2.05) is 0 Å². The van der Waals surface area contributed by atoms with Crippen LogP contribution in [-0.2, 0) is 10.0 Å². The van der Waals surface area contributed by atoms with E-state index in [1.54, 1.807) is 0 Å². The van der Waals surface area contributed by atoms with Crippen molar-refractivity contribution in [1.29, 1.82) is 0 Å². The van der Waals surface area contributed by atoms with Crippen LogP contribution < -0.4 is 4.72 Å². The standard InChI is InChI=1S/C11H16ClN3O3S/c12-11-13-5-10(6-14-11)19(17,18)15-4-8-2-1-3-9(8)7-16/h5-6,8-9,15-16H,1-4,7H2.